The van der Waals surface area contributed by atoms with E-state index in [1.54, 1.807) is 26.0 Å². The Kier molecular flexibility index (Phi) is 4.35. The van der Waals surface area contributed by atoms with Crippen molar-refractivity contribution >= 4 is 11.6 Å². The van der Waals surface area contributed by atoms with Gasteiger partial charge < -0.3 is 5.32 Å². The first-order valence-electron chi connectivity index (χ1n) is 7.94. The summed E-state index contributed by atoms with van der Waals surface area (Å²) < 4.78 is 15.2. The largest absolute Gasteiger partial charge is 0.321 e. The lowest BCUT2D eigenvalue weighted by molar-refractivity contribution is 0.102. The first kappa shape index (κ1) is 16.8. The van der Waals surface area contributed by atoms with Crippen LogP contribution in [0.25, 0.3) is 5.69 Å². The number of carbonyl (C=O) groups is 1. The molecule has 0 spiro atoms. The predicted octanol–water partition coefficient (Wildman–Crippen LogP) is 3.89. The Hall–Kier alpha value is -3.02. The van der Waals surface area contributed by atoms with Gasteiger partial charge in [-0.25, -0.2) is 9.07 Å². The highest BCUT2D eigenvalue weighted by atomic mass is 19.1. The molecular weight excluding hydrogens is 319 g/mol. The van der Waals surface area contributed by atoms with Gasteiger partial charge in [0.1, 0.15) is 5.82 Å². The van der Waals surface area contributed by atoms with Gasteiger partial charge in [-0.2, -0.15) is 0 Å². The van der Waals surface area contributed by atoms with Gasteiger partial charge in [0, 0.05) is 5.69 Å². The summed E-state index contributed by atoms with van der Waals surface area (Å²) in [5.74, 6) is -0.673. The minimum atomic E-state index is -0.348. The SMILES string of the molecule is Cc1ccc(NC(=O)c2nnn(-c3ccc(C)c(F)c3)c2C)cc1C. The van der Waals surface area contributed by atoms with Gasteiger partial charge in [0.05, 0.1) is 11.4 Å². The van der Waals surface area contributed by atoms with Crippen LogP contribution in [0.5, 0.6) is 0 Å². The van der Waals surface area contributed by atoms with E-state index < -0.39 is 0 Å². The van der Waals surface area contributed by atoms with Crippen molar-refractivity contribution in [2.45, 2.75) is 27.7 Å². The minimum absolute atomic E-state index is 0.208. The van der Waals surface area contributed by atoms with Crippen LogP contribution in [0, 0.1) is 33.5 Å². The Bertz CT molecular complexity index is 962. The van der Waals surface area contributed by atoms with Crippen LogP contribution in [0.3, 0.4) is 0 Å². The summed E-state index contributed by atoms with van der Waals surface area (Å²) in [6, 6.07) is 10.5. The third-order valence-corrected chi connectivity index (χ3v) is 4.27. The van der Waals surface area contributed by atoms with Crippen LogP contribution in [0.1, 0.15) is 32.9 Å². The molecule has 0 saturated heterocycles. The number of rotatable bonds is 3. The van der Waals surface area contributed by atoms with Gasteiger partial charge in [0.15, 0.2) is 5.69 Å². The first-order valence-corrected chi connectivity index (χ1v) is 7.94. The van der Waals surface area contributed by atoms with E-state index in [2.05, 4.69) is 15.6 Å². The number of aryl methyl sites for hydroxylation is 3. The molecule has 6 heteroatoms. The molecule has 0 atom stereocenters. The Morgan fingerprint density at radius 3 is 2.40 bits per heavy atom. The fraction of sp³-hybridized carbons (Fsp3) is 0.211. The van der Waals surface area contributed by atoms with Gasteiger partial charge in [-0.3, -0.25) is 4.79 Å². The van der Waals surface area contributed by atoms with Crippen LogP contribution in [0.2, 0.25) is 0 Å². The molecule has 3 aromatic rings. The molecule has 25 heavy (non-hydrogen) atoms. The van der Waals surface area contributed by atoms with Crippen LogP contribution in [-0.4, -0.2) is 20.9 Å². The number of halogens is 1. The van der Waals surface area contributed by atoms with Crippen LogP contribution in [-0.2, 0) is 0 Å². The Morgan fingerprint density at radius 1 is 1.00 bits per heavy atom. The van der Waals surface area contributed by atoms with Crippen LogP contribution >= 0.6 is 0 Å². The predicted molar refractivity (Wildman–Crippen MR) is 94.7 cm³/mol. The number of amides is 1. The highest BCUT2D eigenvalue weighted by Crippen LogP contribution is 2.18. The summed E-state index contributed by atoms with van der Waals surface area (Å²) in [4.78, 5) is 12.5. The summed E-state index contributed by atoms with van der Waals surface area (Å²) in [6.45, 7) is 7.42. The van der Waals surface area contributed by atoms with Crippen molar-refractivity contribution in [1.29, 1.82) is 0 Å². The molecule has 1 amide bonds. The normalized spacial score (nSPS) is 10.8. The average molecular weight is 338 g/mol. The standard InChI is InChI=1S/C19H19FN4O/c1-11-5-7-15(9-13(11)3)21-19(25)18-14(4)24(23-22-18)16-8-6-12(2)17(20)10-16/h5-10H,1-4H3,(H,21,25). The smallest absolute Gasteiger partial charge is 0.278 e. The molecule has 1 heterocycles. The number of hydrogen-bond acceptors (Lipinski definition) is 3. The summed E-state index contributed by atoms with van der Waals surface area (Å²) >= 11 is 0. The topological polar surface area (TPSA) is 59.8 Å². The average Bonchev–Trinajstić information content (AvgIpc) is 2.95. The zero-order chi connectivity index (χ0) is 18.1. The summed E-state index contributed by atoms with van der Waals surface area (Å²) in [5, 5.41) is 10.8. The Balaban J connectivity index is 1.88. The van der Waals surface area contributed by atoms with E-state index in [0.717, 1.165) is 11.1 Å². The lowest BCUT2D eigenvalue weighted by atomic mass is 10.1. The number of benzene rings is 2. The van der Waals surface area contributed by atoms with Crippen molar-refractivity contribution in [1.82, 2.24) is 15.0 Å². The molecule has 0 radical (unpaired) electrons. The second-order valence-electron chi connectivity index (χ2n) is 6.12. The molecule has 1 aromatic heterocycles. The van der Waals surface area contributed by atoms with Crippen molar-refractivity contribution in [3.05, 3.63) is 70.3 Å². The third kappa shape index (κ3) is 3.28. The Morgan fingerprint density at radius 2 is 1.72 bits per heavy atom. The van der Waals surface area contributed by atoms with Crippen LogP contribution < -0.4 is 5.32 Å². The molecule has 2 aromatic carbocycles. The lowest BCUT2D eigenvalue weighted by Gasteiger charge is -2.07. The second-order valence-corrected chi connectivity index (χ2v) is 6.12. The van der Waals surface area contributed by atoms with E-state index in [1.807, 2.05) is 32.0 Å². The third-order valence-electron chi connectivity index (χ3n) is 4.27. The minimum Gasteiger partial charge on any atom is -0.321 e. The second kappa shape index (κ2) is 6.47. The quantitative estimate of drug-likeness (QED) is 0.788. The van der Waals surface area contributed by atoms with E-state index in [4.69, 9.17) is 0 Å². The number of aromatic nitrogens is 3. The van der Waals surface area contributed by atoms with Gasteiger partial charge in [-0.1, -0.05) is 17.3 Å². The van der Waals surface area contributed by atoms with Crippen LogP contribution in [0.15, 0.2) is 36.4 Å². The van der Waals surface area contributed by atoms with E-state index in [0.29, 0.717) is 22.6 Å². The van der Waals surface area contributed by atoms with E-state index in [-0.39, 0.29) is 17.4 Å². The van der Waals surface area contributed by atoms with Crippen molar-refractivity contribution < 1.29 is 9.18 Å². The van der Waals surface area contributed by atoms with E-state index in [1.165, 1.54) is 10.7 Å². The van der Waals surface area contributed by atoms with Gasteiger partial charge >= 0.3 is 0 Å². The molecule has 0 aliphatic carbocycles. The fourth-order valence-corrected chi connectivity index (χ4v) is 2.51. The molecule has 0 aliphatic rings. The van der Waals surface area contributed by atoms with E-state index in [9.17, 15) is 9.18 Å². The van der Waals surface area contributed by atoms with Gasteiger partial charge in [0.25, 0.3) is 5.91 Å². The molecule has 128 valence electrons. The summed E-state index contributed by atoms with van der Waals surface area (Å²) in [5.41, 5.74) is 4.77. The van der Waals surface area contributed by atoms with Crippen molar-refractivity contribution in [3.8, 4) is 5.69 Å². The first-order chi connectivity index (χ1) is 11.9. The maximum atomic E-state index is 13.8. The molecule has 5 nitrogen and oxygen atoms in total. The Labute approximate surface area is 145 Å². The monoisotopic (exact) mass is 338 g/mol. The van der Waals surface area contributed by atoms with Crippen molar-refractivity contribution in [2.24, 2.45) is 0 Å². The molecule has 0 bridgehead atoms. The van der Waals surface area contributed by atoms with Crippen molar-refractivity contribution in [2.75, 3.05) is 5.32 Å². The fourth-order valence-electron chi connectivity index (χ4n) is 2.51. The lowest BCUT2D eigenvalue weighted by Crippen LogP contribution is -2.14. The molecule has 0 aliphatic heterocycles. The summed E-state index contributed by atoms with van der Waals surface area (Å²) in [6.07, 6.45) is 0. The molecule has 3 rings (SSSR count). The molecule has 0 saturated carbocycles. The van der Waals surface area contributed by atoms with Gasteiger partial charge in [-0.15, -0.1) is 5.10 Å². The highest BCUT2D eigenvalue weighted by Gasteiger charge is 2.18. The summed E-state index contributed by atoms with van der Waals surface area (Å²) in [7, 11) is 0. The van der Waals surface area contributed by atoms with Gasteiger partial charge in [-0.05, 0) is 68.7 Å². The maximum Gasteiger partial charge on any atom is 0.278 e. The van der Waals surface area contributed by atoms with Crippen LogP contribution in [0.4, 0.5) is 10.1 Å². The maximum absolute atomic E-state index is 13.8. The number of carbonyl (C=O) groups excluding carboxylic acids is 1. The molecule has 1 N–H and O–H groups in total. The zero-order valence-corrected chi connectivity index (χ0v) is 14.6. The van der Waals surface area contributed by atoms with E-state index >= 15 is 0 Å². The molecule has 0 fully saturated rings. The number of nitrogens with zero attached hydrogens (tertiary/aromatic N) is 3. The number of hydrogen-bond donors (Lipinski definition) is 1. The number of anilines is 1. The van der Waals surface area contributed by atoms with Gasteiger partial charge in [0.2, 0.25) is 0 Å². The zero-order valence-electron chi connectivity index (χ0n) is 14.6. The molecular formula is C19H19FN4O. The number of nitrogens with one attached hydrogen (secondary N) is 1. The van der Waals surface area contributed by atoms with Crippen molar-refractivity contribution in [3.63, 3.8) is 0 Å². The highest BCUT2D eigenvalue weighted by molar-refractivity contribution is 6.03. The molecule has 0 unspecified atom stereocenters.